The molecule has 0 aromatic heterocycles. The molecule has 2 nitrogen and oxygen atoms in total. The zero-order valence-corrected chi connectivity index (χ0v) is 12.9. The number of halogens is 2. The molecule has 0 fully saturated rings. The number of carbonyl (C=O) groups excluding carboxylic acids is 1. The van der Waals surface area contributed by atoms with Gasteiger partial charge in [-0.05, 0) is 64.0 Å². The van der Waals surface area contributed by atoms with Crippen LogP contribution in [0.5, 0.6) is 0 Å². The molecule has 0 aromatic carbocycles. The van der Waals surface area contributed by atoms with Gasteiger partial charge in [-0.2, -0.15) is 0 Å². The van der Waals surface area contributed by atoms with Crippen molar-refractivity contribution in [3.05, 3.63) is 21.6 Å². The SMILES string of the molecule is CCOC(=O)/C=C/CC[C@@H](C)CC=C(Br)Br. The smallest absolute Gasteiger partial charge is 0.330 e. The highest BCUT2D eigenvalue weighted by Gasteiger charge is 1.99. The lowest BCUT2D eigenvalue weighted by Gasteiger charge is -2.05. The highest BCUT2D eigenvalue weighted by molar-refractivity contribution is 9.28. The third-order valence-electron chi connectivity index (χ3n) is 2.04. The van der Waals surface area contributed by atoms with Crippen LogP contribution in [0, 0.1) is 5.92 Å². The zero-order chi connectivity index (χ0) is 12.4. The van der Waals surface area contributed by atoms with Crippen molar-refractivity contribution < 1.29 is 9.53 Å². The second kappa shape index (κ2) is 10.1. The monoisotopic (exact) mass is 352 g/mol. The van der Waals surface area contributed by atoms with Crippen molar-refractivity contribution in [3.63, 3.8) is 0 Å². The van der Waals surface area contributed by atoms with E-state index in [4.69, 9.17) is 4.74 Å². The summed E-state index contributed by atoms with van der Waals surface area (Å²) in [6, 6.07) is 0. The molecule has 0 spiro atoms. The van der Waals surface area contributed by atoms with Crippen LogP contribution in [0.15, 0.2) is 21.6 Å². The Morgan fingerprint density at radius 1 is 1.44 bits per heavy atom. The minimum absolute atomic E-state index is 0.252. The number of allylic oxidation sites excluding steroid dienone is 2. The number of ether oxygens (including phenoxy) is 1. The Morgan fingerprint density at radius 3 is 2.69 bits per heavy atom. The van der Waals surface area contributed by atoms with Crippen LogP contribution in [0.25, 0.3) is 0 Å². The van der Waals surface area contributed by atoms with Crippen LogP contribution in [-0.2, 0) is 9.53 Å². The Morgan fingerprint density at radius 2 is 2.12 bits per heavy atom. The van der Waals surface area contributed by atoms with Crippen molar-refractivity contribution in [2.24, 2.45) is 5.92 Å². The third-order valence-corrected chi connectivity index (χ3v) is 2.69. The number of hydrogen-bond acceptors (Lipinski definition) is 2. The first-order chi connectivity index (χ1) is 7.56. The van der Waals surface area contributed by atoms with Gasteiger partial charge >= 0.3 is 5.97 Å². The van der Waals surface area contributed by atoms with Crippen molar-refractivity contribution in [2.75, 3.05) is 6.61 Å². The summed E-state index contributed by atoms with van der Waals surface area (Å²) in [5, 5.41) is 0. The molecule has 0 aliphatic carbocycles. The van der Waals surface area contributed by atoms with E-state index in [-0.39, 0.29) is 5.97 Å². The number of hydrogen-bond donors (Lipinski definition) is 0. The van der Waals surface area contributed by atoms with E-state index in [9.17, 15) is 4.79 Å². The van der Waals surface area contributed by atoms with Crippen molar-refractivity contribution >= 4 is 37.8 Å². The average molecular weight is 354 g/mol. The highest BCUT2D eigenvalue weighted by Crippen LogP contribution is 2.18. The van der Waals surface area contributed by atoms with E-state index in [2.05, 4.69) is 44.9 Å². The molecule has 0 radical (unpaired) electrons. The molecule has 0 unspecified atom stereocenters. The summed E-state index contributed by atoms with van der Waals surface area (Å²) in [4.78, 5) is 11.0. The van der Waals surface area contributed by atoms with Crippen LogP contribution < -0.4 is 0 Å². The Hall–Kier alpha value is -0.0900. The van der Waals surface area contributed by atoms with Crippen LogP contribution in [0.3, 0.4) is 0 Å². The molecule has 0 aromatic rings. The van der Waals surface area contributed by atoms with Gasteiger partial charge in [0, 0.05) is 6.08 Å². The van der Waals surface area contributed by atoms with Crippen molar-refractivity contribution in [1.29, 1.82) is 0 Å². The fraction of sp³-hybridized carbons (Fsp3) is 0.583. The Bertz CT molecular complexity index is 256. The molecule has 0 aliphatic heterocycles. The lowest BCUT2D eigenvalue weighted by Crippen LogP contribution is -1.99. The fourth-order valence-corrected chi connectivity index (χ4v) is 1.53. The normalized spacial score (nSPS) is 12.5. The second-order valence-electron chi connectivity index (χ2n) is 3.57. The summed E-state index contributed by atoms with van der Waals surface area (Å²) >= 11 is 6.65. The van der Waals surface area contributed by atoms with Gasteiger partial charge in [-0.15, -0.1) is 0 Å². The van der Waals surface area contributed by atoms with E-state index in [1.54, 1.807) is 6.92 Å². The molecule has 4 heteroatoms. The van der Waals surface area contributed by atoms with Crippen molar-refractivity contribution in [3.8, 4) is 0 Å². The van der Waals surface area contributed by atoms with Crippen LogP contribution in [-0.4, -0.2) is 12.6 Å². The summed E-state index contributed by atoms with van der Waals surface area (Å²) in [5.74, 6) is 0.357. The molecule has 92 valence electrons. The summed E-state index contributed by atoms with van der Waals surface area (Å²) < 4.78 is 5.77. The van der Waals surface area contributed by atoms with Gasteiger partial charge in [-0.1, -0.05) is 19.1 Å². The molecule has 0 N–H and O–H groups in total. The van der Waals surface area contributed by atoms with Crippen LogP contribution in [0.1, 0.15) is 33.1 Å². The molecule has 1 atom stereocenters. The minimum atomic E-state index is -0.252. The lowest BCUT2D eigenvalue weighted by atomic mass is 10.0. The molecule has 0 saturated heterocycles. The first-order valence-electron chi connectivity index (χ1n) is 5.40. The Kier molecular flexibility index (Phi) is 10.0. The molecule has 0 bridgehead atoms. The molecule has 0 saturated carbocycles. The zero-order valence-electron chi connectivity index (χ0n) is 9.71. The largest absolute Gasteiger partial charge is 0.463 e. The van der Waals surface area contributed by atoms with Crippen molar-refractivity contribution in [2.45, 2.75) is 33.1 Å². The minimum Gasteiger partial charge on any atom is -0.463 e. The van der Waals surface area contributed by atoms with Crippen LogP contribution in [0.4, 0.5) is 0 Å². The maximum atomic E-state index is 11.0. The first-order valence-corrected chi connectivity index (χ1v) is 6.99. The van der Waals surface area contributed by atoms with E-state index >= 15 is 0 Å². The first kappa shape index (κ1) is 15.9. The predicted octanol–water partition coefficient (Wildman–Crippen LogP) is 4.54. The van der Waals surface area contributed by atoms with Crippen LogP contribution >= 0.6 is 31.9 Å². The molecule has 0 rings (SSSR count). The highest BCUT2D eigenvalue weighted by atomic mass is 79.9. The predicted molar refractivity (Wildman–Crippen MR) is 74.7 cm³/mol. The number of rotatable bonds is 7. The number of carbonyl (C=O) groups is 1. The summed E-state index contributed by atoms with van der Waals surface area (Å²) in [5.41, 5.74) is 0. The maximum absolute atomic E-state index is 11.0. The Balaban J connectivity index is 3.65. The standard InChI is InChI=1S/C12H18Br2O2/c1-3-16-12(15)7-5-4-6-10(2)8-9-11(13)14/h5,7,9-10H,3-4,6,8H2,1-2H3/b7-5+/t10-/m1/s1. The third kappa shape index (κ3) is 10.4. The Labute approximate surface area is 114 Å². The van der Waals surface area contributed by atoms with Gasteiger partial charge < -0.3 is 4.74 Å². The summed E-state index contributed by atoms with van der Waals surface area (Å²) in [6.45, 7) is 4.43. The van der Waals surface area contributed by atoms with E-state index in [1.165, 1.54) is 6.08 Å². The van der Waals surface area contributed by atoms with E-state index in [1.807, 2.05) is 6.08 Å². The lowest BCUT2D eigenvalue weighted by molar-refractivity contribution is -0.137. The van der Waals surface area contributed by atoms with Gasteiger partial charge in [-0.3, -0.25) is 0 Å². The molecular formula is C12H18Br2O2. The van der Waals surface area contributed by atoms with Gasteiger partial charge in [0.2, 0.25) is 0 Å². The summed E-state index contributed by atoms with van der Waals surface area (Å²) in [7, 11) is 0. The van der Waals surface area contributed by atoms with Gasteiger partial charge in [0.25, 0.3) is 0 Å². The average Bonchev–Trinajstić information content (AvgIpc) is 2.22. The van der Waals surface area contributed by atoms with Gasteiger partial charge in [0.15, 0.2) is 0 Å². The van der Waals surface area contributed by atoms with Gasteiger partial charge in [-0.25, -0.2) is 4.79 Å². The topological polar surface area (TPSA) is 26.3 Å². The van der Waals surface area contributed by atoms with Gasteiger partial charge in [0.05, 0.1) is 10.00 Å². The van der Waals surface area contributed by atoms with Crippen molar-refractivity contribution in [1.82, 2.24) is 0 Å². The molecule has 0 aliphatic rings. The molecular weight excluding hydrogens is 336 g/mol. The van der Waals surface area contributed by atoms with E-state index < -0.39 is 0 Å². The second-order valence-corrected chi connectivity index (χ2v) is 6.34. The van der Waals surface area contributed by atoms with Crippen LogP contribution in [0.2, 0.25) is 0 Å². The van der Waals surface area contributed by atoms with Gasteiger partial charge in [0.1, 0.15) is 0 Å². The molecule has 0 amide bonds. The summed E-state index contributed by atoms with van der Waals surface area (Å²) in [6.07, 6.45) is 8.49. The molecule has 16 heavy (non-hydrogen) atoms. The fourth-order valence-electron chi connectivity index (χ4n) is 1.16. The quantitative estimate of drug-likeness (QED) is 0.496. The maximum Gasteiger partial charge on any atom is 0.330 e. The number of esters is 1. The molecule has 0 heterocycles. The van der Waals surface area contributed by atoms with E-state index in [0.717, 1.165) is 22.7 Å². The van der Waals surface area contributed by atoms with E-state index in [0.29, 0.717) is 12.5 Å².